The first-order valence-corrected chi connectivity index (χ1v) is 7.81. The number of hydrogen-bond acceptors (Lipinski definition) is 6. The topological polar surface area (TPSA) is 104 Å². The number of nitro groups is 1. The summed E-state index contributed by atoms with van der Waals surface area (Å²) in [6.07, 6.45) is 1.40. The molecule has 8 nitrogen and oxygen atoms in total. The number of rotatable bonds is 5. The van der Waals surface area contributed by atoms with Gasteiger partial charge in [-0.2, -0.15) is 0 Å². The molecule has 2 heterocycles. The number of nitro benzene ring substituents is 1. The molecule has 0 bridgehead atoms. The Labute approximate surface area is 147 Å². The minimum absolute atomic E-state index is 0.137. The number of carbonyl (C=O) groups is 1. The maximum absolute atomic E-state index is 12.1. The molecular weight excluding hydrogens is 338 g/mol. The monoisotopic (exact) mass is 353 g/mol. The average Bonchev–Trinajstić information content (AvgIpc) is 2.60. The summed E-state index contributed by atoms with van der Waals surface area (Å²) >= 11 is 0. The molecular formula is C18H15N3O5. The fourth-order valence-electron chi connectivity index (χ4n) is 2.53. The summed E-state index contributed by atoms with van der Waals surface area (Å²) in [6, 6.07) is 10.8. The van der Waals surface area contributed by atoms with E-state index in [1.54, 1.807) is 24.4 Å². The second kappa shape index (κ2) is 7.14. The predicted molar refractivity (Wildman–Crippen MR) is 92.8 cm³/mol. The van der Waals surface area contributed by atoms with Gasteiger partial charge in [0.1, 0.15) is 12.3 Å². The highest BCUT2D eigenvalue weighted by Crippen LogP contribution is 2.18. The van der Waals surface area contributed by atoms with Gasteiger partial charge < -0.3 is 4.74 Å². The molecule has 26 heavy (non-hydrogen) atoms. The van der Waals surface area contributed by atoms with Gasteiger partial charge in [-0.25, -0.2) is 4.98 Å². The molecule has 3 rings (SSSR count). The van der Waals surface area contributed by atoms with Crippen LogP contribution in [0.4, 0.5) is 5.69 Å². The van der Waals surface area contributed by atoms with Crippen molar-refractivity contribution in [2.24, 2.45) is 0 Å². The van der Waals surface area contributed by atoms with Crippen molar-refractivity contribution in [3.63, 3.8) is 0 Å². The second-order valence-electron chi connectivity index (χ2n) is 5.74. The van der Waals surface area contributed by atoms with Crippen molar-refractivity contribution in [3.8, 4) is 0 Å². The number of esters is 1. The average molecular weight is 353 g/mol. The van der Waals surface area contributed by atoms with Crippen LogP contribution in [0, 0.1) is 17.0 Å². The van der Waals surface area contributed by atoms with Crippen molar-refractivity contribution in [3.05, 3.63) is 86.0 Å². The number of para-hydroxylation sites is 1. The first-order valence-electron chi connectivity index (χ1n) is 7.81. The third-order valence-electron chi connectivity index (χ3n) is 3.78. The Morgan fingerprint density at radius 2 is 2.04 bits per heavy atom. The standard InChI is InChI=1S/C18H15N3O5/c1-12-6-7-20-16(8-12)19-14(10-17(20)22)11-26-18(23)9-13-4-2-3-5-15(13)21(24)25/h2-8,10H,9,11H2,1H3. The molecule has 1 aromatic carbocycles. The molecule has 0 aliphatic carbocycles. The maximum atomic E-state index is 12.1. The zero-order valence-corrected chi connectivity index (χ0v) is 13.9. The van der Waals surface area contributed by atoms with Crippen LogP contribution in [0.15, 0.2) is 53.5 Å². The molecule has 0 aliphatic heterocycles. The fraction of sp³-hybridized carbons (Fsp3) is 0.167. The summed E-state index contributed by atoms with van der Waals surface area (Å²) in [4.78, 5) is 38.8. The molecule has 0 amide bonds. The summed E-state index contributed by atoms with van der Waals surface area (Å²) in [7, 11) is 0. The van der Waals surface area contributed by atoms with Gasteiger partial charge in [0.15, 0.2) is 0 Å². The molecule has 0 spiro atoms. The Morgan fingerprint density at radius 1 is 1.27 bits per heavy atom. The lowest BCUT2D eigenvalue weighted by Crippen LogP contribution is -2.17. The summed E-state index contributed by atoms with van der Waals surface area (Å²) in [6.45, 7) is 1.70. The van der Waals surface area contributed by atoms with E-state index in [9.17, 15) is 19.7 Å². The Kier molecular flexibility index (Phi) is 4.74. The van der Waals surface area contributed by atoms with Crippen molar-refractivity contribution in [1.29, 1.82) is 0 Å². The van der Waals surface area contributed by atoms with E-state index in [0.717, 1.165) is 5.56 Å². The highest BCUT2D eigenvalue weighted by atomic mass is 16.6. The number of hydrogen-bond donors (Lipinski definition) is 0. The number of pyridine rings is 1. The van der Waals surface area contributed by atoms with Crippen LogP contribution in [0.2, 0.25) is 0 Å². The van der Waals surface area contributed by atoms with E-state index in [2.05, 4.69) is 4.98 Å². The van der Waals surface area contributed by atoms with Gasteiger partial charge in [-0.1, -0.05) is 18.2 Å². The van der Waals surface area contributed by atoms with E-state index in [0.29, 0.717) is 11.3 Å². The van der Waals surface area contributed by atoms with Crippen LogP contribution in [-0.4, -0.2) is 20.3 Å². The molecule has 0 radical (unpaired) electrons. The van der Waals surface area contributed by atoms with Crippen LogP contribution in [-0.2, 0) is 22.6 Å². The molecule has 0 aliphatic rings. The third-order valence-corrected chi connectivity index (χ3v) is 3.78. The molecule has 0 N–H and O–H groups in total. The number of fused-ring (bicyclic) bond motifs is 1. The van der Waals surface area contributed by atoms with Crippen molar-refractivity contribution < 1.29 is 14.5 Å². The van der Waals surface area contributed by atoms with Gasteiger partial charge in [0.2, 0.25) is 0 Å². The van der Waals surface area contributed by atoms with Gasteiger partial charge in [-0.05, 0) is 24.6 Å². The van der Waals surface area contributed by atoms with E-state index in [-0.39, 0.29) is 29.8 Å². The van der Waals surface area contributed by atoms with Crippen molar-refractivity contribution >= 4 is 17.3 Å². The summed E-state index contributed by atoms with van der Waals surface area (Å²) in [5, 5.41) is 11.0. The number of carbonyl (C=O) groups excluding carboxylic acids is 1. The molecule has 0 saturated carbocycles. The molecule has 3 aromatic rings. The van der Waals surface area contributed by atoms with E-state index in [4.69, 9.17) is 4.74 Å². The largest absolute Gasteiger partial charge is 0.459 e. The SMILES string of the molecule is Cc1ccn2c(=O)cc(COC(=O)Cc3ccccc3[N+](=O)[O-])nc2c1. The maximum Gasteiger partial charge on any atom is 0.310 e. The molecule has 132 valence electrons. The van der Waals surface area contributed by atoms with Crippen LogP contribution in [0.3, 0.4) is 0 Å². The Balaban J connectivity index is 1.73. The number of aryl methyl sites for hydroxylation is 1. The third kappa shape index (κ3) is 3.75. The minimum atomic E-state index is -0.634. The van der Waals surface area contributed by atoms with E-state index in [1.807, 2.05) is 6.92 Å². The van der Waals surface area contributed by atoms with Crippen molar-refractivity contribution in [2.45, 2.75) is 20.0 Å². The first kappa shape index (κ1) is 17.3. The zero-order chi connectivity index (χ0) is 18.7. The smallest absolute Gasteiger partial charge is 0.310 e. The molecule has 0 atom stereocenters. The normalized spacial score (nSPS) is 10.7. The Hall–Kier alpha value is -3.55. The lowest BCUT2D eigenvalue weighted by molar-refractivity contribution is -0.385. The van der Waals surface area contributed by atoms with E-state index >= 15 is 0 Å². The second-order valence-corrected chi connectivity index (χ2v) is 5.74. The highest BCUT2D eigenvalue weighted by Gasteiger charge is 2.16. The first-order chi connectivity index (χ1) is 12.4. The van der Waals surface area contributed by atoms with Gasteiger partial charge in [0.25, 0.3) is 11.2 Å². The van der Waals surface area contributed by atoms with E-state index in [1.165, 1.54) is 28.7 Å². The van der Waals surface area contributed by atoms with Gasteiger partial charge in [-0.15, -0.1) is 0 Å². The lowest BCUT2D eigenvalue weighted by Gasteiger charge is -2.07. The van der Waals surface area contributed by atoms with Crippen molar-refractivity contribution in [1.82, 2.24) is 9.38 Å². The summed E-state index contributed by atoms with van der Waals surface area (Å²) in [5.41, 5.74) is 1.58. The molecule has 0 unspecified atom stereocenters. The molecule has 0 saturated heterocycles. The molecule has 8 heteroatoms. The van der Waals surface area contributed by atoms with Crippen LogP contribution in [0.1, 0.15) is 16.8 Å². The number of ether oxygens (including phenoxy) is 1. The molecule has 2 aromatic heterocycles. The quantitative estimate of drug-likeness (QED) is 0.396. The van der Waals surface area contributed by atoms with Gasteiger partial charge in [0, 0.05) is 23.9 Å². The van der Waals surface area contributed by atoms with Gasteiger partial charge in [-0.3, -0.25) is 24.1 Å². The van der Waals surface area contributed by atoms with Gasteiger partial charge in [0.05, 0.1) is 17.0 Å². The minimum Gasteiger partial charge on any atom is -0.459 e. The summed E-state index contributed by atoms with van der Waals surface area (Å²) < 4.78 is 6.52. The zero-order valence-electron chi connectivity index (χ0n) is 13.9. The number of nitrogens with zero attached hydrogens (tertiary/aromatic N) is 3. The Morgan fingerprint density at radius 3 is 2.81 bits per heavy atom. The van der Waals surface area contributed by atoms with Crippen molar-refractivity contribution in [2.75, 3.05) is 0 Å². The highest BCUT2D eigenvalue weighted by molar-refractivity contribution is 5.74. The summed E-state index contributed by atoms with van der Waals surface area (Å²) in [5.74, 6) is -0.634. The lowest BCUT2D eigenvalue weighted by atomic mass is 10.1. The Bertz CT molecular complexity index is 1060. The van der Waals surface area contributed by atoms with Crippen LogP contribution >= 0.6 is 0 Å². The fourth-order valence-corrected chi connectivity index (χ4v) is 2.53. The molecule has 0 fully saturated rings. The van der Waals surface area contributed by atoms with Gasteiger partial charge >= 0.3 is 5.97 Å². The number of benzene rings is 1. The predicted octanol–water partition coefficient (Wildman–Crippen LogP) is 2.20. The number of aromatic nitrogens is 2. The van der Waals surface area contributed by atoms with Crippen LogP contribution < -0.4 is 5.56 Å². The van der Waals surface area contributed by atoms with E-state index < -0.39 is 10.9 Å². The van der Waals surface area contributed by atoms with Crippen LogP contribution in [0.5, 0.6) is 0 Å². The van der Waals surface area contributed by atoms with Crippen LogP contribution in [0.25, 0.3) is 5.65 Å².